The summed E-state index contributed by atoms with van der Waals surface area (Å²) in [4.78, 5) is 29.0. The molecular formula is C30H32ClFN2O2S. The van der Waals surface area contributed by atoms with Crippen LogP contribution in [-0.4, -0.2) is 34.6 Å². The predicted molar refractivity (Wildman–Crippen MR) is 149 cm³/mol. The van der Waals surface area contributed by atoms with Gasteiger partial charge in [0, 0.05) is 29.8 Å². The van der Waals surface area contributed by atoms with Gasteiger partial charge >= 0.3 is 0 Å². The molecular weight excluding hydrogens is 507 g/mol. The molecule has 1 aliphatic carbocycles. The molecule has 1 saturated carbocycles. The van der Waals surface area contributed by atoms with E-state index < -0.39 is 6.04 Å². The summed E-state index contributed by atoms with van der Waals surface area (Å²) in [6.45, 7) is 0.224. The molecule has 0 heterocycles. The number of carbonyl (C=O) groups is 2. The molecule has 37 heavy (non-hydrogen) atoms. The quantitative estimate of drug-likeness (QED) is 0.307. The molecule has 1 aliphatic rings. The van der Waals surface area contributed by atoms with E-state index in [4.69, 9.17) is 11.6 Å². The zero-order valence-electron chi connectivity index (χ0n) is 20.7. The monoisotopic (exact) mass is 538 g/mol. The van der Waals surface area contributed by atoms with Crippen molar-refractivity contribution >= 4 is 35.2 Å². The van der Waals surface area contributed by atoms with Crippen LogP contribution in [0.4, 0.5) is 4.39 Å². The van der Waals surface area contributed by atoms with Gasteiger partial charge < -0.3 is 10.2 Å². The van der Waals surface area contributed by atoms with Gasteiger partial charge in [-0.2, -0.15) is 0 Å². The SMILES string of the molecule is O=C(NC1CCCC1)C(Cc1ccccc1)N(Cc1ccc(F)cc1)C(=O)CSCc1ccccc1Cl. The first-order chi connectivity index (χ1) is 18.0. The summed E-state index contributed by atoms with van der Waals surface area (Å²) >= 11 is 7.76. The normalized spacial score (nSPS) is 14.3. The van der Waals surface area contributed by atoms with Crippen LogP contribution in [-0.2, 0) is 28.3 Å². The van der Waals surface area contributed by atoms with Gasteiger partial charge in [-0.15, -0.1) is 11.8 Å². The summed E-state index contributed by atoms with van der Waals surface area (Å²) in [5.41, 5.74) is 2.72. The average molecular weight is 539 g/mol. The standard InChI is InChI=1S/C30H32ClFN2O2S/c31-27-13-7-4-10-24(27)20-37-21-29(35)34(19-23-14-16-25(32)17-15-23)28(18-22-8-2-1-3-9-22)30(36)33-26-11-5-6-12-26/h1-4,7-10,13-17,26,28H,5-6,11-12,18-21H2,(H,33,36). The van der Waals surface area contributed by atoms with E-state index in [1.807, 2.05) is 54.6 Å². The fourth-order valence-electron chi connectivity index (χ4n) is 4.65. The number of hydrogen-bond donors (Lipinski definition) is 1. The number of nitrogens with one attached hydrogen (secondary N) is 1. The van der Waals surface area contributed by atoms with E-state index in [0.29, 0.717) is 17.2 Å². The Kier molecular flexibility index (Phi) is 10.0. The number of halogens is 2. The van der Waals surface area contributed by atoms with Crippen molar-refractivity contribution in [1.82, 2.24) is 10.2 Å². The molecule has 1 unspecified atom stereocenters. The van der Waals surface area contributed by atoms with E-state index in [-0.39, 0.29) is 36.0 Å². The Balaban J connectivity index is 1.56. The van der Waals surface area contributed by atoms with E-state index in [1.54, 1.807) is 17.0 Å². The molecule has 0 saturated heterocycles. The molecule has 1 N–H and O–H groups in total. The third-order valence-corrected chi connectivity index (χ3v) is 8.01. The molecule has 7 heteroatoms. The van der Waals surface area contributed by atoms with Crippen LogP contribution in [0.15, 0.2) is 78.9 Å². The minimum Gasteiger partial charge on any atom is -0.352 e. The van der Waals surface area contributed by atoms with Crippen molar-refractivity contribution < 1.29 is 14.0 Å². The number of benzene rings is 3. The van der Waals surface area contributed by atoms with E-state index in [2.05, 4.69) is 5.32 Å². The number of hydrogen-bond acceptors (Lipinski definition) is 3. The van der Waals surface area contributed by atoms with E-state index in [9.17, 15) is 14.0 Å². The molecule has 0 aliphatic heterocycles. The third-order valence-electron chi connectivity index (χ3n) is 6.68. The minimum atomic E-state index is -0.679. The predicted octanol–water partition coefficient (Wildman–Crippen LogP) is 6.41. The highest BCUT2D eigenvalue weighted by atomic mass is 35.5. The second-order valence-electron chi connectivity index (χ2n) is 9.43. The lowest BCUT2D eigenvalue weighted by molar-refractivity contribution is -0.139. The van der Waals surface area contributed by atoms with E-state index in [0.717, 1.165) is 42.4 Å². The Morgan fingerprint density at radius 2 is 1.62 bits per heavy atom. The Morgan fingerprint density at radius 3 is 2.32 bits per heavy atom. The number of carbonyl (C=O) groups excluding carboxylic acids is 2. The molecule has 4 rings (SSSR count). The lowest BCUT2D eigenvalue weighted by Crippen LogP contribution is -2.52. The molecule has 1 atom stereocenters. The van der Waals surface area contributed by atoms with Crippen LogP contribution in [0.1, 0.15) is 42.4 Å². The molecule has 0 spiro atoms. The molecule has 2 amide bonds. The van der Waals surface area contributed by atoms with Gasteiger partial charge in [-0.25, -0.2) is 4.39 Å². The number of nitrogens with zero attached hydrogens (tertiary/aromatic N) is 1. The van der Waals surface area contributed by atoms with E-state index in [1.165, 1.54) is 23.9 Å². The van der Waals surface area contributed by atoms with Crippen LogP contribution in [0, 0.1) is 5.82 Å². The molecule has 3 aromatic carbocycles. The van der Waals surface area contributed by atoms with Crippen molar-refractivity contribution in [1.29, 1.82) is 0 Å². The summed E-state index contributed by atoms with van der Waals surface area (Å²) in [6, 6.07) is 22.9. The van der Waals surface area contributed by atoms with Crippen LogP contribution in [0.25, 0.3) is 0 Å². The van der Waals surface area contributed by atoms with Gasteiger partial charge in [0.1, 0.15) is 11.9 Å². The highest BCUT2D eigenvalue weighted by molar-refractivity contribution is 7.99. The van der Waals surface area contributed by atoms with Crippen molar-refractivity contribution in [2.75, 3.05) is 5.75 Å². The number of amides is 2. The first kappa shape index (κ1) is 27.2. The molecule has 0 radical (unpaired) electrons. The lowest BCUT2D eigenvalue weighted by Gasteiger charge is -2.32. The van der Waals surface area contributed by atoms with E-state index >= 15 is 0 Å². The maximum atomic E-state index is 13.7. The summed E-state index contributed by atoms with van der Waals surface area (Å²) in [7, 11) is 0. The lowest BCUT2D eigenvalue weighted by atomic mass is 10.0. The second kappa shape index (κ2) is 13.6. The summed E-state index contributed by atoms with van der Waals surface area (Å²) in [6.07, 6.45) is 4.53. The highest BCUT2D eigenvalue weighted by Crippen LogP contribution is 2.23. The fourth-order valence-corrected chi connectivity index (χ4v) is 5.85. The van der Waals surface area contributed by atoms with Crippen molar-refractivity contribution in [3.05, 3.63) is 106 Å². The van der Waals surface area contributed by atoms with Crippen molar-refractivity contribution in [3.8, 4) is 0 Å². The Labute approximate surface area is 227 Å². The van der Waals surface area contributed by atoms with Gasteiger partial charge in [-0.1, -0.05) is 85.1 Å². The largest absolute Gasteiger partial charge is 0.352 e. The minimum absolute atomic E-state index is 0.135. The van der Waals surface area contributed by atoms with Gasteiger partial charge in [-0.3, -0.25) is 9.59 Å². The van der Waals surface area contributed by atoms with Crippen LogP contribution in [0.5, 0.6) is 0 Å². The fraction of sp³-hybridized carbons (Fsp3) is 0.333. The number of rotatable bonds is 11. The van der Waals surface area contributed by atoms with Gasteiger partial charge in [0.2, 0.25) is 11.8 Å². The van der Waals surface area contributed by atoms with Crippen molar-refractivity contribution in [3.63, 3.8) is 0 Å². The van der Waals surface area contributed by atoms with Crippen LogP contribution >= 0.6 is 23.4 Å². The summed E-state index contributed by atoms with van der Waals surface area (Å²) in [5.74, 6) is 0.185. The smallest absolute Gasteiger partial charge is 0.243 e. The third kappa shape index (κ3) is 8.08. The Morgan fingerprint density at radius 1 is 0.946 bits per heavy atom. The average Bonchev–Trinajstić information content (AvgIpc) is 3.42. The summed E-state index contributed by atoms with van der Waals surface area (Å²) in [5, 5.41) is 3.87. The Bertz CT molecular complexity index is 1170. The molecule has 194 valence electrons. The van der Waals surface area contributed by atoms with Gasteiger partial charge in [0.05, 0.1) is 5.75 Å². The molecule has 1 fully saturated rings. The van der Waals surface area contributed by atoms with Crippen LogP contribution in [0.3, 0.4) is 0 Å². The Hall–Kier alpha value is -2.83. The molecule has 3 aromatic rings. The van der Waals surface area contributed by atoms with Gasteiger partial charge in [-0.05, 0) is 47.7 Å². The second-order valence-corrected chi connectivity index (χ2v) is 10.8. The van der Waals surface area contributed by atoms with Crippen molar-refractivity contribution in [2.24, 2.45) is 0 Å². The first-order valence-electron chi connectivity index (χ1n) is 12.7. The molecule has 0 bridgehead atoms. The van der Waals surface area contributed by atoms with Crippen LogP contribution < -0.4 is 5.32 Å². The number of thioether (sulfide) groups is 1. The maximum Gasteiger partial charge on any atom is 0.243 e. The van der Waals surface area contributed by atoms with Crippen LogP contribution in [0.2, 0.25) is 5.02 Å². The zero-order valence-corrected chi connectivity index (χ0v) is 22.3. The summed E-state index contributed by atoms with van der Waals surface area (Å²) < 4.78 is 13.6. The maximum absolute atomic E-state index is 13.7. The van der Waals surface area contributed by atoms with Crippen molar-refractivity contribution in [2.45, 2.75) is 56.5 Å². The molecule has 4 nitrogen and oxygen atoms in total. The zero-order chi connectivity index (χ0) is 26.0. The molecule has 0 aromatic heterocycles. The highest BCUT2D eigenvalue weighted by Gasteiger charge is 2.32. The topological polar surface area (TPSA) is 49.4 Å². The first-order valence-corrected chi connectivity index (χ1v) is 14.2. The van der Waals surface area contributed by atoms with Gasteiger partial charge in [0.25, 0.3) is 0 Å². The van der Waals surface area contributed by atoms with Gasteiger partial charge in [0.15, 0.2) is 0 Å².